The lowest BCUT2D eigenvalue weighted by Gasteiger charge is -2.15. The number of nitrogens with one attached hydrogen (secondary N) is 1. The number of anilines is 1. The Hall–Kier alpha value is -2.43. The first-order valence-corrected chi connectivity index (χ1v) is 6.43. The molecule has 0 bridgehead atoms. The monoisotopic (exact) mass is 270 g/mol. The van der Waals surface area contributed by atoms with Gasteiger partial charge in [-0.25, -0.2) is 0 Å². The van der Waals surface area contributed by atoms with Crippen LogP contribution in [0.5, 0.6) is 0 Å². The summed E-state index contributed by atoms with van der Waals surface area (Å²) in [7, 11) is 3.42. The lowest BCUT2D eigenvalue weighted by molar-refractivity contribution is 0.0822. The van der Waals surface area contributed by atoms with Crippen LogP contribution in [0.1, 0.15) is 29.1 Å². The standard InChI is InChI=1S/C15H18N4O/c1-11(13-6-4-5-8-16-13)18-12-7-9-17-14(10-12)15(20)19(2)3/h4-11H,1-3H3,(H,17,18). The minimum atomic E-state index is -0.112. The predicted octanol–water partition coefficient (Wildman–Crippen LogP) is 2.35. The van der Waals surface area contributed by atoms with E-state index in [9.17, 15) is 4.79 Å². The predicted molar refractivity (Wildman–Crippen MR) is 78.5 cm³/mol. The Morgan fingerprint density at radius 1 is 1.20 bits per heavy atom. The molecule has 2 rings (SSSR count). The second-order valence-electron chi connectivity index (χ2n) is 4.75. The van der Waals surface area contributed by atoms with Crippen molar-refractivity contribution in [3.8, 4) is 0 Å². The van der Waals surface area contributed by atoms with Crippen LogP contribution < -0.4 is 5.32 Å². The van der Waals surface area contributed by atoms with Gasteiger partial charge in [-0.1, -0.05) is 6.07 Å². The van der Waals surface area contributed by atoms with Gasteiger partial charge in [0.15, 0.2) is 0 Å². The molecule has 0 saturated heterocycles. The van der Waals surface area contributed by atoms with Crippen molar-refractivity contribution in [3.05, 3.63) is 54.1 Å². The lowest BCUT2D eigenvalue weighted by atomic mass is 10.2. The highest BCUT2D eigenvalue weighted by Gasteiger charge is 2.11. The maximum Gasteiger partial charge on any atom is 0.272 e. The zero-order chi connectivity index (χ0) is 14.5. The molecule has 0 aliphatic rings. The van der Waals surface area contributed by atoms with Gasteiger partial charge in [-0.2, -0.15) is 0 Å². The number of nitrogens with zero attached hydrogens (tertiary/aromatic N) is 3. The van der Waals surface area contributed by atoms with E-state index in [4.69, 9.17) is 0 Å². The summed E-state index contributed by atoms with van der Waals surface area (Å²) in [5.74, 6) is -0.112. The van der Waals surface area contributed by atoms with Crippen molar-refractivity contribution in [3.63, 3.8) is 0 Å². The smallest absolute Gasteiger partial charge is 0.272 e. The molecule has 0 fully saturated rings. The summed E-state index contributed by atoms with van der Waals surface area (Å²) in [5, 5.41) is 3.32. The van der Waals surface area contributed by atoms with Crippen molar-refractivity contribution >= 4 is 11.6 Å². The van der Waals surface area contributed by atoms with Gasteiger partial charge >= 0.3 is 0 Å². The Kier molecular flexibility index (Phi) is 4.30. The molecule has 5 nitrogen and oxygen atoms in total. The third-order valence-corrected chi connectivity index (χ3v) is 2.90. The Morgan fingerprint density at radius 2 is 2.00 bits per heavy atom. The maximum atomic E-state index is 11.9. The number of carbonyl (C=O) groups is 1. The quantitative estimate of drug-likeness (QED) is 0.926. The molecule has 0 spiro atoms. The van der Waals surface area contributed by atoms with Crippen LogP contribution in [0.2, 0.25) is 0 Å². The molecule has 2 heterocycles. The fourth-order valence-electron chi connectivity index (χ4n) is 1.82. The summed E-state index contributed by atoms with van der Waals surface area (Å²) >= 11 is 0. The van der Waals surface area contributed by atoms with E-state index in [0.717, 1.165) is 11.4 Å². The third-order valence-electron chi connectivity index (χ3n) is 2.90. The van der Waals surface area contributed by atoms with E-state index in [1.807, 2.05) is 31.2 Å². The first-order valence-electron chi connectivity index (χ1n) is 6.43. The fourth-order valence-corrected chi connectivity index (χ4v) is 1.82. The minimum Gasteiger partial charge on any atom is -0.377 e. The van der Waals surface area contributed by atoms with Crippen LogP contribution in [-0.2, 0) is 0 Å². The summed E-state index contributed by atoms with van der Waals surface area (Å²) in [5.41, 5.74) is 2.22. The van der Waals surface area contributed by atoms with Crippen LogP contribution in [-0.4, -0.2) is 34.9 Å². The minimum absolute atomic E-state index is 0.0564. The molecule has 0 aliphatic carbocycles. The highest BCUT2D eigenvalue weighted by molar-refractivity contribution is 5.92. The van der Waals surface area contributed by atoms with E-state index >= 15 is 0 Å². The van der Waals surface area contributed by atoms with Crippen molar-refractivity contribution in [2.45, 2.75) is 13.0 Å². The first-order chi connectivity index (χ1) is 9.58. The number of aromatic nitrogens is 2. The van der Waals surface area contributed by atoms with Crippen molar-refractivity contribution in [2.75, 3.05) is 19.4 Å². The Labute approximate surface area is 118 Å². The molecular formula is C15H18N4O. The van der Waals surface area contributed by atoms with Crippen LogP contribution in [0, 0.1) is 0 Å². The number of amides is 1. The number of hydrogen-bond acceptors (Lipinski definition) is 4. The SMILES string of the molecule is CC(Nc1ccnc(C(=O)N(C)C)c1)c1ccccn1. The summed E-state index contributed by atoms with van der Waals surface area (Å²) < 4.78 is 0. The molecule has 1 N–H and O–H groups in total. The molecule has 104 valence electrons. The molecular weight excluding hydrogens is 252 g/mol. The normalized spacial score (nSPS) is 11.8. The third kappa shape index (κ3) is 3.32. The second kappa shape index (κ2) is 6.14. The van der Waals surface area contributed by atoms with Gasteiger partial charge in [0.25, 0.3) is 5.91 Å². The molecule has 1 amide bonds. The van der Waals surface area contributed by atoms with Gasteiger partial charge in [0.2, 0.25) is 0 Å². The zero-order valence-corrected chi connectivity index (χ0v) is 11.9. The molecule has 1 atom stereocenters. The zero-order valence-electron chi connectivity index (χ0n) is 11.9. The molecule has 1 unspecified atom stereocenters. The molecule has 0 aromatic carbocycles. The average Bonchev–Trinajstić information content (AvgIpc) is 2.47. The van der Waals surface area contributed by atoms with Crippen LogP contribution in [0.25, 0.3) is 0 Å². The van der Waals surface area contributed by atoms with E-state index in [2.05, 4.69) is 15.3 Å². The van der Waals surface area contributed by atoms with Gasteiger partial charge in [0.05, 0.1) is 11.7 Å². The van der Waals surface area contributed by atoms with Crippen molar-refractivity contribution in [1.29, 1.82) is 0 Å². The largest absolute Gasteiger partial charge is 0.377 e. The van der Waals surface area contributed by atoms with Gasteiger partial charge in [-0.05, 0) is 31.2 Å². The topological polar surface area (TPSA) is 58.1 Å². The summed E-state index contributed by atoms with van der Waals surface area (Å²) in [6, 6.07) is 9.45. The van der Waals surface area contributed by atoms with Gasteiger partial charge in [0.1, 0.15) is 5.69 Å². The second-order valence-corrected chi connectivity index (χ2v) is 4.75. The molecule has 0 aliphatic heterocycles. The highest BCUT2D eigenvalue weighted by atomic mass is 16.2. The van der Waals surface area contributed by atoms with Crippen molar-refractivity contribution < 1.29 is 4.79 Å². The van der Waals surface area contributed by atoms with Gasteiger partial charge < -0.3 is 10.2 Å². The molecule has 2 aromatic rings. The van der Waals surface area contributed by atoms with E-state index in [0.29, 0.717) is 5.69 Å². The van der Waals surface area contributed by atoms with Crippen molar-refractivity contribution in [2.24, 2.45) is 0 Å². The van der Waals surface area contributed by atoms with Gasteiger partial charge in [-0.3, -0.25) is 14.8 Å². The molecule has 0 radical (unpaired) electrons. The van der Waals surface area contributed by atoms with Crippen LogP contribution in [0.3, 0.4) is 0 Å². The molecule has 2 aromatic heterocycles. The average molecular weight is 270 g/mol. The number of rotatable bonds is 4. The Morgan fingerprint density at radius 3 is 2.65 bits per heavy atom. The van der Waals surface area contributed by atoms with Crippen molar-refractivity contribution in [1.82, 2.24) is 14.9 Å². The highest BCUT2D eigenvalue weighted by Crippen LogP contribution is 2.17. The number of pyridine rings is 2. The summed E-state index contributed by atoms with van der Waals surface area (Å²) in [4.78, 5) is 21.8. The van der Waals surface area contributed by atoms with E-state index < -0.39 is 0 Å². The van der Waals surface area contributed by atoms with E-state index in [1.165, 1.54) is 4.90 Å². The van der Waals surface area contributed by atoms with Crippen LogP contribution in [0.4, 0.5) is 5.69 Å². The van der Waals surface area contributed by atoms with Crippen LogP contribution in [0.15, 0.2) is 42.7 Å². The summed E-state index contributed by atoms with van der Waals surface area (Å²) in [6.45, 7) is 2.02. The molecule has 5 heteroatoms. The molecule has 20 heavy (non-hydrogen) atoms. The number of hydrogen-bond donors (Lipinski definition) is 1. The van der Waals surface area contributed by atoms with E-state index in [1.54, 1.807) is 32.6 Å². The first kappa shape index (κ1) is 14.0. The number of carbonyl (C=O) groups excluding carboxylic acids is 1. The van der Waals surface area contributed by atoms with E-state index in [-0.39, 0.29) is 11.9 Å². The maximum absolute atomic E-state index is 11.9. The fraction of sp³-hybridized carbons (Fsp3) is 0.267. The Balaban J connectivity index is 2.14. The van der Waals surface area contributed by atoms with Gasteiger partial charge in [0, 0.05) is 32.2 Å². The van der Waals surface area contributed by atoms with Crippen LogP contribution >= 0.6 is 0 Å². The Bertz CT molecular complexity index is 583. The molecule has 0 saturated carbocycles. The lowest BCUT2D eigenvalue weighted by Crippen LogP contribution is -2.22. The van der Waals surface area contributed by atoms with Gasteiger partial charge in [-0.15, -0.1) is 0 Å². The summed E-state index contributed by atoms with van der Waals surface area (Å²) in [6.07, 6.45) is 3.39.